The number of carbonyl (C=O) groups is 2. The number of hydrogen-bond acceptors (Lipinski definition) is 4. The van der Waals surface area contributed by atoms with Crippen LogP contribution in [0.5, 0.6) is 0 Å². The van der Waals surface area contributed by atoms with Crippen molar-refractivity contribution < 1.29 is 14.7 Å². The summed E-state index contributed by atoms with van der Waals surface area (Å²) in [6.07, 6.45) is 1.81. The van der Waals surface area contributed by atoms with Crippen LogP contribution < -0.4 is 5.32 Å². The molecule has 1 aromatic heterocycles. The molecule has 0 aliphatic carbocycles. The lowest BCUT2D eigenvalue weighted by Gasteiger charge is -2.24. The number of thioether (sulfide) groups is 1. The van der Waals surface area contributed by atoms with Crippen molar-refractivity contribution in [2.24, 2.45) is 0 Å². The second kappa shape index (κ2) is 6.99. The Balaban J connectivity index is 2.03. The van der Waals surface area contributed by atoms with Crippen LogP contribution in [-0.4, -0.2) is 39.7 Å². The van der Waals surface area contributed by atoms with Gasteiger partial charge in [0.15, 0.2) is 0 Å². The highest BCUT2D eigenvalue weighted by atomic mass is 32.2. The van der Waals surface area contributed by atoms with Crippen molar-refractivity contribution >= 4 is 35.1 Å². The van der Waals surface area contributed by atoms with Crippen molar-refractivity contribution in [3.05, 3.63) is 22.4 Å². The first-order chi connectivity index (χ1) is 9.63. The van der Waals surface area contributed by atoms with Crippen molar-refractivity contribution in [1.29, 1.82) is 0 Å². The Morgan fingerprint density at radius 2 is 2.40 bits per heavy atom. The molecule has 1 unspecified atom stereocenters. The molecule has 1 aliphatic heterocycles. The Kier molecular flexibility index (Phi) is 5.31. The van der Waals surface area contributed by atoms with E-state index in [1.807, 2.05) is 17.5 Å². The molecular weight excluding hydrogens is 296 g/mol. The summed E-state index contributed by atoms with van der Waals surface area (Å²) in [5.74, 6) is -0.0416. The number of nitrogens with zero attached hydrogens (tertiary/aromatic N) is 1. The maximum Gasteiger partial charge on any atom is 0.327 e. The summed E-state index contributed by atoms with van der Waals surface area (Å²) >= 11 is 3.08. The minimum atomic E-state index is -0.937. The number of nitrogens with one attached hydrogen (secondary N) is 1. The first-order valence-electron chi connectivity index (χ1n) is 6.54. The number of amides is 2. The molecule has 2 heterocycles. The minimum absolute atomic E-state index is 0.0347. The fourth-order valence-corrected chi connectivity index (χ4v) is 4.10. The van der Waals surface area contributed by atoms with Crippen molar-refractivity contribution in [1.82, 2.24) is 10.2 Å². The summed E-state index contributed by atoms with van der Waals surface area (Å²) in [7, 11) is 0. The summed E-state index contributed by atoms with van der Waals surface area (Å²) in [6, 6.07) is 2.92. The van der Waals surface area contributed by atoms with Crippen LogP contribution in [0, 0.1) is 0 Å². The summed E-state index contributed by atoms with van der Waals surface area (Å²) in [4.78, 5) is 25.9. The van der Waals surface area contributed by atoms with Gasteiger partial charge in [-0.25, -0.2) is 9.59 Å². The van der Waals surface area contributed by atoms with Gasteiger partial charge in [-0.3, -0.25) is 0 Å². The standard InChI is InChI=1S/C13H18N2O3S2/c1-2-4-9(11-5-3-6-20-11)14-13(18)15-8-19-7-10(15)12(16)17/h3,5-6,9-10H,2,4,7-8H2,1H3,(H,14,18)(H,16,17)/t9?,10-/m0/s1. The van der Waals surface area contributed by atoms with E-state index in [1.165, 1.54) is 16.7 Å². The first kappa shape index (κ1) is 15.2. The maximum absolute atomic E-state index is 12.3. The molecule has 20 heavy (non-hydrogen) atoms. The number of urea groups is 1. The Morgan fingerprint density at radius 1 is 1.60 bits per heavy atom. The largest absolute Gasteiger partial charge is 0.480 e. The smallest absolute Gasteiger partial charge is 0.327 e. The van der Waals surface area contributed by atoms with Gasteiger partial charge in [0.1, 0.15) is 6.04 Å². The van der Waals surface area contributed by atoms with Crippen LogP contribution in [-0.2, 0) is 4.79 Å². The summed E-state index contributed by atoms with van der Waals surface area (Å²) < 4.78 is 0. The second-order valence-electron chi connectivity index (χ2n) is 4.63. The van der Waals surface area contributed by atoms with E-state index in [9.17, 15) is 9.59 Å². The highest BCUT2D eigenvalue weighted by molar-refractivity contribution is 7.99. The van der Waals surface area contributed by atoms with Gasteiger partial charge >= 0.3 is 12.0 Å². The van der Waals surface area contributed by atoms with E-state index in [0.29, 0.717) is 11.6 Å². The van der Waals surface area contributed by atoms with Gasteiger partial charge < -0.3 is 15.3 Å². The van der Waals surface area contributed by atoms with Gasteiger partial charge in [0.2, 0.25) is 0 Å². The first-order valence-corrected chi connectivity index (χ1v) is 8.58. The van der Waals surface area contributed by atoms with Gasteiger partial charge in [-0.2, -0.15) is 0 Å². The van der Waals surface area contributed by atoms with Gasteiger partial charge in [0, 0.05) is 10.6 Å². The molecule has 2 amide bonds. The third-order valence-corrected chi connectivity index (χ3v) is 5.19. The summed E-state index contributed by atoms with van der Waals surface area (Å²) in [5.41, 5.74) is 0. The molecule has 1 fully saturated rings. The fourth-order valence-electron chi connectivity index (χ4n) is 2.14. The van der Waals surface area contributed by atoms with Crippen LogP contribution in [0.15, 0.2) is 17.5 Å². The van der Waals surface area contributed by atoms with E-state index in [0.717, 1.165) is 17.7 Å². The number of carboxylic acid groups (broad SMARTS) is 1. The second-order valence-corrected chi connectivity index (χ2v) is 6.61. The van der Waals surface area contributed by atoms with Crippen molar-refractivity contribution in [3.8, 4) is 0 Å². The molecular formula is C13H18N2O3S2. The molecule has 0 radical (unpaired) electrons. The van der Waals surface area contributed by atoms with Gasteiger partial charge in [-0.05, 0) is 17.9 Å². The zero-order valence-corrected chi connectivity index (χ0v) is 12.9. The van der Waals surface area contributed by atoms with Crippen LogP contribution in [0.4, 0.5) is 4.79 Å². The van der Waals surface area contributed by atoms with E-state index in [2.05, 4.69) is 12.2 Å². The highest BCUT2D eigenvalue weighted by Gasteiger charge is 2.35. The molecule has 0 aromatic carbocycles. The molecule has 1 aliphatic rings. The number of hydrogen-bond donors (Lipinski definition) is 2. The number of carboxylic acids is 1. The lowest BCUT2D eigenvalue weighted by atomic mass is 10.1. The summed E-state index contributed by atoms with van der Waals surface area (Å²) in [6.45, 7) is 2.07. The molecule has 110 valence electrons. The predicted octanol–water partition coefficient (Wildman–Crippen LogP) is 2.76. The zero-order chi connectivity index (χ0) is 14.5. The lowest BCUT2D eigenvalue weighted by Crippen LogP contribution is -2.47. The molecule has 2 atom stereocenters. The van der Waals surface area contributed by atoms with Crippen molar-refractivity contribution in [2.75, 3.05) is 11.6 Å². The molecule has 1 saturated heterocycles. The third kappa shape index (κ3) is 3.46. The maximum atomic E-state index is 12.3. The molecule has 2 rings (SSSR count). The van der Waals surface area contributed by atoms with Gasteiger partial charge in [-0.15, -0.1) is 23.1 Å². The Labute approximate surface area is 126 Å². The molecule has 5 nitrogen and oxygen atoms in total. The van der Waals surface area contributed by atoms with Crippen molar-refractivity contribution in [2.45, 2.75) is 31.8 Å². The predicted molar refractivity (Wildman–Crippen MR) is 81.1 cm³/mol. The average molecular weight is 314 g/mol. The average Bonchev–Trinajstić information content (AvgIpc) is 3.09. The Bertz CT molecular complexity index is 464. The number of thiophene rings is 1. The van der Waals surface area contributed by atoms with E-state index in [-0.39, 0.29) is 12.1 Å². The highest BCUT2D eigenvalue weighted by Crippen LogP contribution is 2.26. The number of aliphatic carboxylic acids is 1. The quantitative estimate of drug-likeness (QED) is 0.877. The van der Waals surface area contributed by atoms with Crippen LogP contribution in [0.1, 0.15) is 30.7 Å². The molecule has 0 spiro atoms. The Hall–Kier alpha value is -1.21. The van der Waals surface area contributed by atoms with E-state index in [4.69, 9.17) is 5.11 Å². The number of carbonyl (C=O) groups excluding carboxylic acids is 1. The van der Waals surface area contributed by atoms with E-state index in [1.54, 1.807) is 11.3 Å². The third-order valence-electron chi connectivity index (χ3n) is 3.19. The molecule has 2 N–H and O–H groups in total. The molecule has 0 bridgehead atoms. The molecule has 0 saturated carbocycles. The molecule has 7 heteroatoms. The van der Waals surface area contributed by atoms with Gasteiger partial charge in [-0.1, -0.05) is 19.4 Å². The SMILES string of the molecule is CCCC(NC(=O)N1CSC[C@H]1C(=O)O)c1cccs1. The van der Waals surface area contributed by atoms with Gasteiger partial charge in [0.25, 0.3) is 0 Å². The van der Waals surface area contributed by atoms with Gasteiger partial charge in [0.05, 0.1) is 11.9 Å². The Morgan fingerprint density at radius 3 is 3.00 bits per heavy atom. The van der Waals surface area contributed by atoms with E-state index >= 15 is 0 Å². The van der Waals surface area contributed by atoms with Crippen LogP contribution in [0.2, 0.25) is 0 Å². The normalized spacial score (nSPS) is 19.9. The fraction of sp³-hybridized carbons (Fsp3) is 0.538. The van der Waals surface area contributed by atoms with Crippen LogP contribution in [0.25, 0.3) is 0 Å². The minimum Gasteiger partial charge on any atom is -0.480 e. The van der Waals surface area contributed by atoms with Crippen molar-refractivity contribution in [3.63, 3.8) is 0 Å². The number of rotatable bonds is 5. The topological polar surface area (TPSA) is 69.6 Å². The molecule has 1 aromatic rings. The lowest BCUT2D eigenvalue weighted by molar-refractivity contribution is -0.140. The van der Waals surface area contributed by atoms with Crippen LogP contribution in [0.3, 0.4) is 0 Å². The summed E-state index contributed by atoms with van der Waals surface area (Å²) in [5, 5.41) is 14.1. The monoisotopic (exact) mass is 314 g/mol. The van der Waals surface area contributed by atoms with E-state index < -0.39 is 12.0 Å². The van der Waals surface area contributed by atoms with Crippen LogP contribution >= 0.6 is 23.1 Å². The zero-order valence-electron chi connectivity index (χ0n) is 11.2.